The summed E-state index contributed by atoms with van der Waals surface area (Å²) in [5.74, 6) is -1.07. The molecule has 0 spiro atoms. The Morgan fingerprint density at radius 1 is 1.12 bits per heavy atom. The third-order valence-electron chi connectivity index (χ3n) is 5.86. The highest BCUT2D eigenvalue weighted by molar-refractivity contribution is 7.91. The summed E-state index contributed by atoms with van der Waals surface area (Å²) in [4.78, 5) is 27.0. The fourth-order valence-electron chi connectivity index (χ4n) is 3.98. The molecule has 9 heteroatoms. The zero-order valence-corrected chi connectivity index (χ0v) is 19.9. The first-order chi connectivity index (χ1) is 16.2. The van der Waals surface area contributed by atoms with Crippen LogP contribution in [0.15, 0.2) is 65.3 Å². The zero-order chi connectivity index (χ0) is 24.5. The monoisotopic (exact) mass is 496 g/mol. The van der Waals surface area contributed by atoms with Crippen LogP contribution in [0.3, 0.4) is 0 Å². The molecular formula is C25H21ClN2O5S. The van der Waals surface area contributed by atoms with E-state index in [0.717, 1.165) is 10.5 Å². The van der Waals surface area contributed by atoms with Crippen molar-refractivity contribution in [2.45, 2.75) is 26.0 Å². The van der Waals surface area contributed by atoms with Crippen LogP contribution in [0.25, 0.3) is 6.08 Å². The van der Waals surface area contributed by atoms with Gasteiger partial charge in [0.25, 0.3) is 11.8 Å². The van der Waals surface area contributed by atoms with Gasteiger partial charge in [-0.2, -0.15) is 5.26 Å². The molecule has 1 atom stereocenters. The van der Waals surface area contributed by atoms with Crippen LogP contribution in [0.4, 0.5) is 0 Å². The Balaban J connectivity index is 1.57. The van der Waals surface area contributed by atoms with Crippen molar-refractivity contribution in [1.29, 1.82) is 5.26 Å². The third-order valence-corrected chi connectivity index (χ3v) is 7.86. The van der Waals surface area contributed by atoms with Gasteiger partial charge < -0.3 is 4.74 Å². The van der Waals surface area contributed by atoms with Crippen LogP contribution >= 0.6 is 11.6 Å². The molecular weight excluding hydrogens is 476 g/mol. The van der Waals surface area contributed by atoms with Crippen molar-refractivity contribution in [1.82, 2.24) is 4.90 Å². The summed E-state index contributed by atoms with van der Waals surface area (Å²) in [6, 6.07) is 15.5. The third kappa shape index (κ3) is 4.91. The molecule has 2 aliphatic heterocycles. The lowest BCUT2D eigenvalue weighted by Gasteiger charge is -2.31. The lowest BCUT2D eigenvalue weighted by molar-refractivity contribution is -0.142. The Kier molecular flexibility index (Phi) is 6.60. The first kappa shape index (κ1) is 23.7. The maximum atomic E-state index is 13.2. The van der Waals surface area contributed by atoms with E-state index in [1.807, 2.05) is 18.2 Å². The maximum absolute atomic E-state index is 13.2. The second-order valence-corrected chi connectivity index (χ2v) is 10.9. The van der Waals surface area contributed by atoms with Crippen molar-refractivity contribution >= 4 is 39.3 Å². The molecule has 4 rings (SSSR count). The van der Waals surface area contributed by atoms with Gasteiger partial charge in [-0.15, -0.1) is 0 Å². The SMILES string of the molecule is CC1=C(C#N)C(=O)N([C@@H]2CCS(=O)(=O)C2)C(=O)/C1=C\c1ccc(OCc2ccc(Cl)cc2)cc1. The number of carbonyl (C=O) groups excluding carboxylic acids is 2. The van der Waals surface area contributed by atoms with Gasteiger partial charge >= 0.3 is 0 Å². The van der Waals surface area contributed by atoms with E-state index in [1.165, 1.54) is 0 Å². The predicted octanol–water partition coefficient (Wildman–Crippen LogP) is 3.70. The number of carbonyl (C=O) groups is 2. The van der Waals surface area contributed by atoms with Crippen molar-refractivity contribution < 1.29 is 22.7 Å². The number of amides is 2. The second kappa shape index (κ2) is 9.45. The molecule has 0 aliphatic carbocycles. The summed E-state index contributed by atoms with van der Waals surface area (Å²) >= 11 is 5.89. The van der Waals surface area contributed by atoms with E-state index in [9.17, 15) is 23.3 Å². The van der Waals surface area contributed by atoms with Gasteiger partial charge in [0.1, 0.15) is 24.0 Å². The Hall–Kier alpha value is -3.41. The number of hydrogen-bond acceptors (Lipinski definition) is 6. The van der Waals surface area contributed by atoms with E-state index >= 15 is 0 Å². The quantitative estimate of drug-likeness (QED) is 0.461. The number of sulfone groups is 1. The molecule has 0 N–H and O–H groups in total. The van der Waals surface area contributed by atoms with E-state index in [4.69, 9.17) is 16.3 Å². The van der Waals surface area contributed by atoms with Gasteiger partial charge in [0.2, 0.25) is 0 Å². The van der Waals surface area contributed by atoms with Gasteiger partial charge in [-0.1, -0.05) is 35.9 Å². The van der Waals surface area contributed by atoms with Gasteiger partial charge in [-0.3, -0.25) is 14.5 Å². The Labute approximate surface area is 202 Å². The summed E-state index contributed by atoms with van der Waals surface area (Å²) in [7, 11) is -3.32. The molecule has 0 unspecified atom stereocenters. The number of rotatable bonds is 5. The highest BCUT2D eigenvalue weighted by Crippen LogP contribution is 2.31. The van der Waals surface area contributed by atoms with Crippen molar-refractivity contribution in [2.24, 2.45) is 0 Å². The molecule has 7 nitrogen and oxygen atoms in total. The Bertz CT molecular complexity index is 1350. The van der Waals surface area contributed by atoms with Gasteiger partial charge in [0.05, 0.1) is 17.5 Å². The molecule has 0 aromatic heterocycles. The van der Waals surface area contributed by atoms with E-state index in [0.29, 0.717) is 22.9 Å². The summed E-state index contributed by atoms with van der Waals surface area (Å²) in [6.07, 6.45) is 1.77. The lowest BCUT2D eigenvalue weighted by Crippen LogP contribution is -2.49. The van der Waals surface area contributed by atoms with Crippen LogP contribution in [0.5, 0.6) is 5.75 Å². The van der Waals surface area contributed by atoms with Crippen LogP contribution < -0.4 is 4.74 Å². The van der Waals surface area contributed by atoms with Crippen molar-refractivity contribution in [3.05, 3.63) is 81.4 Å². The van der Waals surface area contributed by atoms with Gasteiger partial charge in [0, 0.05) is 10.6 Å². The minimum absolute atomic E-state index is 0.0875. The number of benzene rings is 2. The van der Waals surface area contributed by atoms with E-state index < -0.39 is 27.7 Å². The standard InChI is InChI=1S/C25H21ClN2O5S/c1-16-22(24(29)28(25(30)23(16)13-27)20-10-11-34(31,32)15-20)12-17-4-8-21(9-5-17)33-14-18-2-6-19(26)7-3-18/h2-9,12,20H,10-11,14-15H2,1H3/b22-12-/t20-/m1/s1. The molecule has 1 saturated heterocycles. The topological polar surface area (TPSA) is 105 Å². The normalized spacial score (nSPS) is 21.1. The zero-order valence-electron chi connectivity index (χ0n) is 18.3. The molecule has 174 valence electrons. The molecule has 0 radical (unpaired) electrons. The highest BCUT2D eigenvalue weighted by atomic mass is 35.5. The number of nitrogens with zero attached hydrogens (tertiary/aromatic N) is 2. The van der Waals surface area contributed by atoms with E-state index in [-0.39, 0.29) is 34.6 Å². The second-order valence-electron chi connectivity index (χ2n) is 8.19. The molecule has 2 heterocycles. The van der Waals surface area contributed by atoms with Crippen LogP contribution in [0.1, 0.15) is 24.5 Å². The molecule has 34 heavy (non-hydrogen) atoms. The number of ether oxygens (including phenoxy) is 1. The van der Waals surface area contributed by atoms with Crippen LogP contribution in [0.2, 0.25) is 5.02 Å². The van der Waals surface area contributed by atoms with Crippen LogP contribution in [-0.4, -0.2) is 42.7 Å². The molecule has 2 amide bonds. The first-order valence-electron chi connectivity index (χ1n) is 10.6. The largest absolute Gasteiger partial charge is 0.489 e. The highest BCUT2D eigenvalue weighted by Gasteiger charge is 2.43. The molecule has 0 bridgehead atoms. The summed E-state index contributed by atoms with van der Waals surface area (Å²) in [5, 5.41) is 10.2. The summed E-state index contributed by atoms with van der Waals surface area (Å²) in [5.41, 5.74) is 1.95. The lowest BCUT2D eigenvalue weighted by atomic mass is 9.92. The van der Waals surface area contributed by atoms with E-state index in [1.54, 1.807) is 49.4 Å². The van der Waals surface area contributed by atoms with Gasteiger partial charge in [-0.25, -0.2) is 8.42 Å². The summed E-state index contributed by atoms with van der Waals surface area (Å²) < 4.78 is 29.6. The minimum Gasteiger partial charge on any atom is -0.489 e. The number of nitriles is 1. The van der Waals surface area contributed by atoms with Crippen LogP contribution in [-0.2, 0) is 26.0 Å². The van der Waals surface area contributed by atoms with E-state index in [2.05, 4.69) is 0 Å². The average molecular weight is 497 g/mol. The molecule has 2 aromatic rings. The van der Waals surface area contributed by atoms with Gasteiger partial charge in [-0.05, 0) is 60.4 Å². The molecule has 2 aliphatic rings. The Morgan fingerprint density at radius 2 is 1.79 bits per heavy atom. The molecule has 2 aromatic carbocycles. The average Bonchev–Trinajstić information content (AvgIpc) is 3.16. The van der Waals surface area contributed by atoms with Crippen molar-refractivity contribution in [2.75, 3.05) is 11.5 Å². The van der Waals surface area contributed by atoms with Crippen molar-refractivity contribution in [3.8, 4) is 11.8 Å². The van der Waals surface area contributed by atoms with Crippen LogP contribution in [0, 0.1) is 11.3 Å². The first-order valence-corrected chi connectivity index (χ1v) is 12.8. The molecule has 1 fully saturated rings. The molecule has 0 saturated carbocycles. The maximum Gasteiger partial charge on any atom is 0.271 e. The number of hydrogen-bond donors (Lipinski definition) is 0. The Morgan fingerprint density at radius 3 is 2.38 bits per heavy atom. The fraction of sp³-hybridized carbons (Fsp3) is 0.240. The number of halogens is 1. The van der Waals surface area contributed by atoms with Crippen molar-refractivity contribution in [3.63, 3.8) is 0 Å². The summed E-state index contributed by atoms with van der Waals surface area (Å²) in [6.45, 7) is 1.91. The number of imide groups is 1. The smallest absolute Gasteiger partial charge is 0.271 e. The van der Waals surface area contributed by atoms with Gasteiger partial charge in [0.15, 0.2) is 9.84 Å². The fourth-order valence-corrected chi connectivity index (χ4v) is 5.81. The minimum atomic E-state index is -3.32. The predicted molar refractivity (Wildman–Crippen MR) is 127 cm³/mol.